The number of hydrogen-bond donors (Lipinski definition) is 1. The van der Waals surface area contributed by atoms with E-state index >= 15 is 0 Å². The third kappa shape index (κ3) is 6.23. The minimum atomic E-state index is -3.73. The van der Waals surface area contributed by atoms with E-state index in [0.29, 0.717) is 17.1 Å². The van der Waals surface area contributed by atoms with Gasteiger partial charge in [0, 0.05) is 18.2 Å². The Kier molecular flexibility index (Phi) is 7.19. The summed E-state index contributed by atoms with van der Waals surface area (Å²) in [6, 6.07) is 3.48. The summed E-state index contributed by atoms with van der Waals surface area (Å²) in [6.45, 7) is 4.92. The molecule has 0 unspecified atom stereocenters. The Hall–Kier alpha value is -2.53. The molecule has 0 bridgehead atoms. The van der Waals surface area contributed by atoms with Crippen molar-refractivity contribution in [3.05, 3.63) is 23.8 Å². The number of carbonyl (C=O) groups excluding carboxylic acids is 2. The summed E-state index contributed by atoms with van der Waals surface area (Å²) in [5, 5.41) is 2.49. The Bertz CT molecular complexity index is 894. The van der Waals surface area contributed by atoms with E-state index in [1.54, 1.807) is 39.0 Å². The van der Waals surface area contributed by atoms with Gasteiger partial charge in [0.15, 0.2) is 0 Å². The molecule has 0 aliphatic carbocycles. The zero-order chi connectivity index (χ0) is 22.7. The van der Waals surface area contributed by atoms with E-state index in [9.17, 15) is 18.0 Å². The second kappa shape index (κ2) is 9.09. The average Bonchev–Trinajstić information content (AvgIpc) is 2.63. The van der Waals surface area contributed by atoms with E-state index in [1.165, 1.54) is 19.1 Å². The molecule has 1 heterocycles. The molecule has 0 saturated carbocycles. The fraction of sp³-hybridized carbons (Fsp3) is 0.579. The number of β-lactam (4-membered cyclic amide) rings is 1. The van der Waals surface area contributed by atoms with Gasteiger partial charge in [0.1, 0.15) is 23.1 Å². The van der Waals surface area contributed by atoms with Crippen LogP contribution in [0.15, 0.2) is 18.2 Å². The third-order valence-corrected chi connectivity index (χ3v) is 4.86. The number of hydrogen-bond acceptors (Lipinski definition) is 8. The smallest absolute Gasteiger partial charge is 0.408 e. The van der Waals surface area contributed by atoms with E-state index < -0.39 is 33.9 Å². The third-order valence-electron chi connectivity index (χ3n) is 4.29. The highest BCUT2D eigenvalue weighted by Gasteiger charge is 2.49. The Morgan fingerprint density at radius 2 is 1.87 bits per heavy atom. The lowest BCUT2D eigenvalue weighted by Crippen LogP contribution is -2.71. The van der Waals surface area contributed by atoms with Crippen molar-refractivity contribution in [1.29, 1.82) is 0 Å². The SMILES string of the molecule is COc1ccc(CN2C(=O)[C@H](NC(=O)OC(C)(C)C)[C@@H]2COS(C)(=O)=O)c(OC)c1. The number of ether oxygens (including phenoxy) is 3. The highest BCUT2D eigenvalue weighted by Crippen LogP contribution is 2.30. The van der Waals surface area contributed by atoms with Gasteiger partial charge >= 0.3 is 6.09 Å². The molecular formula is C19H28N2O8S. The molecule has 0 spiro atoms. The van der Waals surface area contributed by atoms with Crippen LogP contribution < -0.4 is 14.8 Å². The topological polar surface area (TPSA) is 120 Å². The van der Waals surface area contributed by atoms with Crippen LogP contribution in [-0.4, -0.2) is 70.1 Å². The maximum absolute atomic E-state index is 12.7. The zero-order valence-electron chi connectivity index (χ0n) is 17.9. The van der Waals surface area contributed by atoms with Crippen LogP contribution in [0.5, 0.6) is 11.5 Å². The van der Waals surface area contributed by atoms with Gasteiger partial charge in [-0.05, 0) is 32.9 Å². The van der Waals surface area contributed by atoms with Crippen molar-refractivity contribution in [3.8, 4) is 11.5 Å². The first-order chi connectivity index (χ1) is 13.8. The standard InChI is InChI=1S/C19H28N2O8S/c1-19(2,3)29-18(23)20-16-14(11-28-30(6,24)25)21(17(16)22)10-12-7-8-13(26-4)9-15(12)27-5/h7-9,14,16H,10-11H2,1-6H3,(H,20,23)/t14-,16+/m0/s1. The molecule has 168 valence electrons. The maximum atomic E-state index is 12.7. The quantitative estimate of drug-likeness (QED) is 0.470. The number of carbonyl (C=O) groups is 2. The molecule has 1 saturated heterocycles. The minimum Gasteiger partial charge on any atom is -0.497 e. The molecule has 1 aromatic carbocycles. The number of benzene rings is 1. The molecular weight excluding hydrogens is 416 g/mol. The molecule has 30 heavy (non-hydrogen) atoms. The van der Waals surface area contributed by atoms with Crippen LogP contribution in [0.2, 0.25) is 0 Å². The van der Waals surface area contributed by atoms with Gasteiger partial charge in [0.05, 0.1) is 33.1 Å². The Balaban J connectivity index is 2.19. The summed E-state index contributed by atoms with van der Waals surface area (Å²) >= 11 is 0. The highest BCUT2D eigenvalue weighted by atomic mass is 32.2. The van der Waals surface area contributed by atoms with Gasteiger partial charge in [0.25, 0.3) is 10.1 Å². The Labute approximate surface area is 176 Å². The van der Waals surface area contributed by atoms with Crippen LogP contribution in [0.1, 0.15) is 26.3 Å². The summed E-state index contributed by atoms with van der Waals surface area (Å²) in [4.78, 5) is 26.2. The number of likely N-dealkylation sites (tertiary alicyclic amines) is 1. The van der Waals surface area contributed by atoms with Crippen LogP contribution in [0, 0.1) is 0 Å². The summed E-state index contributed by atoms with van der Waals surface area (Å²) in [6.07, 6.45) is 0.146. The van der Waals surface area contributed by atoms with Gasteiger partial charge in [0.2, 0.25) is 5.91 Å². The van der Waals surface area contributed by atoms with Crippen molar-refractivity contribution in [2.24, 2.45) is 0 Å². The predicted octanol–water partition coefficient (Wildman–Crippen LogP) is 1.28. The lowest BCUT2D eigenvalue weighted by molar-refractivity contribution is -0.154. The highest BCUT2D eigenvalue weighted by molar-refractivity contribution is 7.85. The first-order valence-electron chi connectivity index (χ1n) is 9.20. The van der Waals surface area contributed by atoms with Crippen LogP contribution in [0.4, 0.5) is 4.79 Å². The maximum Gasteiger partial charge on any atom is 0.408 e. The summed E-state index contributed by atoms with van der Waals surface area (Å²) in [5.41, 5.74) is -0.0575. The number of amides is 2. The number of nitrogens with one attached hydrogen (secondary N) is 1. The summed E-state index contributed by atoms with van der Waals surface area (Å²) < 4.78 is 43.5. The van der Waals surface area contributed by atoms with Crippen molar-refractivity contribution in [2.45, 2.75) is 45.0 Å². The number of methoxy groups -OCH3 is 2. The molecule has 1 fully saturated rings. The number of rotatable bonds is 8. The molecule has 1 aromatic rings. The van der Waals surface area contributed by atoms with Crippen LogP contribution >= 0.6 is 0 Å². The van der Waals surface area contributed by atoms with E-state index in [1.807, 2.05) is 0 Å². The van der Waals surface area contributed by atoms with Gasteiger partial charge in [-0.1, -0.05) is 0 Å². The molecule has 1 aliphatic rings. The first-order valence-corrected chi connectivity index (χ1v) is 11.0. The second-order valence-corrected chi connectivity index (χ2v) is 9.47. The van der Waals surface area contributed by atoms with E-state index in [4.69, 9.17) is 18.4 Å². The van der Waals surface area contributed by atoms with Gasteiger partial charge in [-0.2, -0.15) is 8.42 Å². The molecule has 11 heteroatoms. The summed E-state index contributed by atoms with van der Waals surface area (Å²) in [5.74, 6) is 0.710. The van der Waals surface area contributed by atoms with Gasteiger partial charge in [-0.25, -0.2) is 4.79 Å². The minimum absolute atomic E-state index is 0.135. The molecule has 1 N–H and O–H groups in total. The first kappa shape index (κ1) is 23.7. The molecule has 10 nitrogen and oxygen atoms in total. The fourth-order valence-electron chi connectivity index (χ4n) is 2.94. The molecule has 0 radical (unpaired) electrons. The van der Waals surface area contributed by atoms with E-state index in [-0.39, 0.29) is 19.1 Å². The normalized spacial score (nSPS) is 19.1. The summed E-state index contributed by atoms with van der Waals surface area (Å²) in [7, 11) is -0.715. The molecule has 2 amide bonds. The van der Waals surface area contributed by atoms with Crippen LogP contribution in [0.3, 0.4) is 0 Å². The van der Waals surface area contributed by atoms with Crippen LogP contribution in [-0.2, 0) is 30.4 Å². The van der Waals surface area contributed by atoms with Crippen molar-refractivity contribution >= 4 is 22.1 Å². The number of nitrogens with zero attached hydrogens (tertiary/aromatic N) is 1. The fourth-order valence-corrected chi connectivity index (χ4v) is 3.32. The molecule has 1 aliphatic heterocycles. The molecule has 2 rings (SSSR count). The Morgan fingerprint density at radius 1 is 1.20 bits per heavy atom. The van der Waals surface area contributed by atoms with Crippen molar-refractivity contribution < 1.29 is 36.4 Å². The monoisotopic (exact) mass is 444 g/mol. The lowest BCUT2D eigenvalue weighted by Gasteiger charge is -2.46. The van der Waals surface area contributed by atoms with Gasteiger partial charge in [-0.3, -0.25) is 8.98 Å². The van der Waals surface area contributed by atoms with E-state index in [0.717, 1.165) is 6.26 Å². The Morgan fingerprint density at radius 3 is 2.40 bits per heavy atom. The van der Waals surface area contributed by atoms with Crippen molar-refractivity contribution in [3.63, 3.8) is 0 Å². The van der Waals surface area contributed by atoms with Crippen molar-refractivity contribution in [2.75, 3.05) is 27.1 Å². The lowest BCUT2D eigenvalue weighted by atomic mass is 9.94. The second-order valence-electron chi connectivity index (χ2n) is 7.82. The number of alkyl carbamates (subject to hydrolysis) is 1. The predicted molar refractivity (Wildman–Crippen MR) is 108 cm³/mol. The van der Waals surface area contributed by atoms with Crippen molar-refractivity contribution in [1.82, 2.24) is 10.2 Å². The average molecular weight is 445 g/mol. The van der Waals surface area contributed by atoms with Gasteiger partial charge in [-0.15, -0.1) is 0 Å². The van der Waals surface area contributed by atoms with Crippen LogP contribution in [0.25, 0.3) is 0 Å². The zero-order valence-corrected chi connectivity index (χ0v) is 18.7. The largest absolute Gasteiger partial charge is 0.497 e. The van der Waals surface area contributed by atoms with E-state index in [2.05, 4.69) is 5.32 Å². The molecule has 0 aromatic heterocycles. The van der Waals surface area contributed by atoms with Gasteiger partial charge < -0.3 is 24.4 Å². The molecule has 2 atom stereocenters.